The number of anilines is 1. The molecule has 27 heavy (non-hydrogen) atoms. The molecule has 0 bridgehead atoms. The molecule has 1 aliphatic heterocycles. The third kappa shape index (κ3) is 5.08. The maximum absolute atomic E-state index is 12.3. The minimum absolute atomic E-state index is 0.0495. The van der Waals surface area contributed by atoms with Crippen molar-refractivity contribution in [3.05, 3.63) is 52.2 Å². The fraction of sp³-hybridized carbons (Fsp3) is 0.400. The number of hydrogen-bond donors (Lipinski definition) is 1. The van der Waals surface area contributed by atoms with Gasteiger partial charge in [0.05, 0.1) is 5.56 Å². The van der Waals surface area contributed by atoms with Gasteiger partial charge in [0.15, 0.2) is 0 Å². The van der Waals surface area contributed by atoms with Crippen LogP contribution in [0, 0.1) is 0 Å². The molecule has 1 aromatic heterocycles. The van der Waals surface area contributed by atoms with Crippen LogP contribution >= 0.6 is 11.3 Å². The zero-order valence-corrected chi connectivity index (χ0v) is 16.7. The molecule has 6 nitrogen and oxygen atoms in total. The summed E-state index contributed by atoms with van der Waals surface area (Å²) in [6, 6.07) is 9.45. The number of benzene rings is 1. The lowest BCUT2D eigenvalue weighted by atomic mass is 10.2. The van der Waals surface area contributed by atoms with E-state index in [-0.39, 0.29) is 11.8 Å². The summed E-state index contributed by atoms with van der Waals surface area (Å²) in [6.07, 6.45) is 0. The van der Waals surface area contributed by atoms with Crippen LogP contribution in [0.2, 0.25) is 0 Å². The van der Waals surface area contributed by atoms with Gasteiger partial charge in [-0.3, -0.25) is 14.5 Å². The van der Waals surface area contributed by atoms with Crippen LogP contribution in [0.4, 0.5) is 5.69 Å². The first-order valence-corrected chi connectivity index (χ1v) is 10.1. The van der Waals surface area contributed by atoms with Crippen molar-refractivity contribution in [2.75, 3.05) is 58.3 Å². The Hall–Kier alpha value is -2.38. The molecule has 2 amide bonds. The Labute approximate surface area is 164 Å². The molecule has 2 heterocycles. The second-order valence-corrected chi connectivity index (χ2v) is 7.62. The number of rotatable bonds is 6. The zero-order chi connectivity index (χ0) is 19.2. The zero-order valence-electron chi connectivity index (χ0n) is 15.9. The summed E-state index contributed by atoms with van der Waals surface area (Å²) in [5, 5.41) is 6.81. The molecular weight excluding hydrogens is 360 g/mol. The molecular formula is C20H26N4O2S. The van der Waals surface area contributed by atoms with Crippen LogP contribution in [0.3, 0.4) is 0 Å². The molecule has 1 aliphatic rings. The minimum atomic E-state index is -0.0495. The summed E-state index contributed by atoms with van der Waals surface area (Å²) < 4.78 is 0. The van der Waals surface area contributed by atoms with Crippen molar-refractivity contribution < 1.29 is 9.59 Å². The van der Waals surface area contributed by atoms with Crippen LogP contribution in [0.25, 0.3) is 0 Å². The van der Waals surface area contributed by atoms with E-state index < -0.39 is 0 Å². The SMILES string of the molecule is CN(C)c1ccc(C(=O)NCCN2CCN(C(=O)c3ccsc3)CC2)cc1. The van der Waals surface area contributed by atoms with Gasteiger partial charge in [-0.05, 0) is 35.7 Å². The largest absolute Gasteiger partial charge is 0.378 e. The van der Waals surface area contributed by atoms with E-state index in [2.05, 4.69) is 10.2 Å². The molecule has 144 valence electrons. The fourth-order valence-corrected chi connectivity index (χ4v) is 3.71. The third-order valence-electron chi connectivity index (χ3n) is 4.79. The van der Waals surface area contributed by atoms with Crippen molar-refractivity contribution in [1.29, 1.82) is 0 Å². The summed E-state index contributed by atoms with van der Waals surface area (Å²) >= 11 is 1.55. The van der Waals surface area contributed by atoms with Crippen molar-refractivity contribution in [1.82, 2.24) is 15.1 Å². The minimum Gasteiger partial charge on any atom is -0.378 e. The molecule has 0 spiro atoms. The summed E-state index contributed by atoms with van der Waals surface area (Å²) in [5.41, 5.74) is 2.52. The summed E-state index contributed by atoms with van der Waals surface area (Å²) in [6.45, 7) is 4.53. The van der Waals surface area contributed by atoms with E-state index in [1.165, 1.54) is 0 Å². The van der Waals surface area contributed by atoms with Crippen LogP contribution in [0.1, 0.15) is 20.7 Å². The molecule has 0 atom stereocenters. The predicted molar refractivity (Wildman–Crippen MR) is 110 cm³/mol. The van der Waals surface area contributed by atoms with Gasteiger partial charge in [-0.2, -0.15) is 11.3 Å². The van der Waals surface area contributed by atoms with Gasteiger partial charge >= 0.3 is 0 Å². The van der Waals surface area contributed by atoms with E-state index in [1.54, 1.807) is 11.3 Å². The van der Waals surface area contributed by atoms with Gasteiger partial charge in [-0.1, -0.05) is 0 Å². The van der Waals surface area contributed by atoms with Crippen LogP contribution in [-0.2, 0) is 0 Å². The van der Waals surface area contributed by atoms with E-state index in [0.717, 1.165) is 44.0 Å². The lowest BCUT2D eigenvalue weighted by molar-refractivity contribution is 0.0638. The van der Waals surface area contributed by atoms with Crippen LogP contribution in [-0.4, -0.2) is 75.0 Å². The number of nitrogens with zero attached hydrogens (tertiary/aromatic N) is 3. The van der Waals surface area contributed by atoms with Gasteiger partial charge in [0.2, 0.25) is 0 Å². The van der Waals surface area contributed by atoms with Crippen molar-refractivity contribution in [2.45, 2.75) is 0 Å². The number of piperazine rings is 1. The van der Waals surface area contributed by atoms with Crippen LogP contribution in [0.5, 0.6) is 0 Å². The Kier molecular flexibility index (Phi) is 6.47. The fourth-order valence-electron chi connectivity index (χ4n) is 3.08. The standard InChI is InChI=1S/C20H26N4O2S/c1-22(2)18-5-3-16(4-6-18)19(25)21-8-9-23-10-12-24(13-11-23)20(26)17-7-14-27-15-17/h3-7,14-15H,8-13H2,1-2H3,(H,21,25). The molecule has 1 saturated heterocycles. The van der Waals surface area contributed by atoms with Crippen molar-refractivity contribution >= 4 is 28.8 Å². The number of hydrogen-bond acceptors (Lipinski definition) is 5. The van der Waals surface area contributed by atoms with Crippen molar-refractivity contribution in [3.63, 3.8) is 0 Å². The highest BCUT2D eigenvalue weighted by Gasteiger charge is 2.22. The number of carbonyl (C=O) groups is 2. The third-order valence-corrected chi connectivity index (χ3v) is 5.47. The summed E-state index contributed by atoms with van der Waals surface area (Å²) in [4.78, 5) is 30.8. The molecule has 3 rings (SSSR count). The van der Waals surface area contributed by atoms with Crippen molar-refractivity contribution in [3.8, 4) is 0 Å². The Bertz CT molecular complexity index is 751. The molecule has 7 heteroatoms. The van der Waals surface area contributed by atoms with E-state index >= 15 is 0 Å². The Morgan fingerprint density at radius 3 is 2.33 bits per heavy atom. The molecule has 0 radical (unpaired) electrons. The first kappa shape index (κ1) is 19.4. The van der Waals surface area contributed by atoms with E-state index in [0.29, 0.717) is 12.1 Å². The van der Waals surface area contributed by atoms with Crippen LogP contribution in [0.15, 0.2) is 41.1 Å². The van der Waals surface area contributed by atoms with E-state index in [4.69, 9.17) is 0 Å². The second-order valence-electron chi connectivity index (χ2n) is 6.84. The predicted octanol–water partition coefficient (Wildman–Crippen LogP) is 2.00. The van der Waals surface area contributed by atoms with Crippen LogP contribution < -0.4 is 10.2 Å². The maximum atomic E-state index is 12.3. The molecule has 1 aromatic carbocycles. The lowest BCUT2D eigenvalue weighted by Gasteiger charge is -2.34. The van der Waals surface area contributed by atoms with Gasteiger partial charge < -0.3 is 15.1 Å². The lowest BCUT2D eigenvalue weighted by Crippen LogP contribution is -2.50. The quantitative estimate of drug-likeness (QED) is 0.825. The normalized spacial score (nSPS) is 14.8. The highest BCUT2D eigenvalue weighted by Crippen LogP contribution is 2.13. The number of carbonyl (C=O) groups excluding carboxylic acids is 2. The van der Waals surface area contributed by atoms with Gasteiger partial charge in [-0.25, -0.2) is 0 Å². The summed E-state index contributed by atoms with van der Waals surface area (Å²) in [5.74, 6) is 0.0666. The summed E-state index contributed by atoms with van der Waals surface area (Å²) in [7, 11) is 3.95. The molecule has 1 N–H and O–H groups in total. The van der Waals surface area contributed by atoms with E-state index in [1.807, 2.05) is 65.0 Å². The van der Waals surface area contributed by atoms with Gasteiger partial charge in [0.25, 0.3) is 11.8 Å². The van der Waals surface area contributed by atoms with Crippen molar-refractivity contribution in [2.24, 2.45) is 0 Å². The van der Waals surface area contributed by atoms with Gasteiger partial charge in [-0.15, -0.1) is 0 Å². The number of amides is 2. The molecule has 2 aromatic rings. The second kappa shape index (κ2) is 9.01. The maximum Gasteiger partial charge on any atom is 0.254 e. The first-order valence-electron chi connectivity index (χ1n) is 9.14. The van der Waals surface area contributed by atoms with Gasteiger partial charge in [0, 0.05) is 70.0 Å². The molecule has 0 aliphatic carbocycles. The smallest absolute Gasteiger partial charge is 0.254 e. The topological polar surface area (TPSA) is 55.9 Å². The molecule has 1 fully saturated rings. The average Bonchev–Trinajstić information content (AvgIpc) is 3.23. The molecule has 0 saturated carbocycles. The Morgan fingerprint density at radius 2 is 1.74 bits per heavy atom. The highest BCUT2D eigenvalue weighted by molar-refractivity contribution is 7.08. The Morgan fingerprint density at radius 1 is 1.04 bits per heavy atom. The Balaban J connectivity index is 1.39. The number of thiophene rings is 1. The molecule has 0 unspecified atom stereocenters. The first-order chi connectivity index (χ1) is 13.0. The van der Waals surface area contributed by atoms with E-state index in [9.17, 15) is 9.59 Å². The van der Waals surface area contributed by atoms with Gasteiger partial charge in [0.1, 0.15) is 0 Å². The highest BCUT2D eigenvalue weighted by atomic mass is 32.1. The monoisotopic (exact) mass is 386 g/mol. The average molecular weight is 387 g/mol. The number of nitrogens with one attached hydrogen (secondary N) is 1.